The van der Waals surface area contributed by atoms with Gasteiger partial charge in [0.05, 0.1) is 24.9 Å². The quantitative estimate of drug-likeness (QED) is 0.883. The molecule has 8 heteroatoms. The van der Waals surface area contributed by atoms with Crippen molar-refractivity contribution >= 4 is 11.7 Å². The monoisotopic (exact) mass is 299 g/mol. The van der Waals surface area contributed by atoms with E-state index in [2.05, 4.69) is 9.84 Å². The molecule has 0 radical (unpaired) electrons. The molecule has 0 bridgehead atoms. The van der Waals surface area contributed by atoms with Crippen LogP contribution in [0, 0.1) is 0 Å². The van der Waals surface area contributed by atoms with Crippen LogP contribution < -0.4 is 5.73 Å². The molecule has 21 heavy (non-hydrogen) atoms. The molecule has 0 aliphatic rings. The number of carbonyl (C=O) groups excluding carboxylic acids is 1. The summed E-state index contributed by atoms with van der Waals surface area (Å²) in [7, 11) is 1.27. The summed E-state index contributed by atoms with van der Waals surface area (Å²) < 4.78 is 43.4. The van der Waals surface area contributed by atoms with Gasteiger partial charge in [-0.05, 0) is 17.7 Å². The molecule has 2 aromatic rings. The number of nitrogens with two attached hydrogens (primary N) is 1. The lowest BCUT2D eigenvalue weighted by Crippen LogP contribution is -2.10. The van der Waals surface area contributed by atoms with Crippen molar-refractivity contribution in [2.24, 2.45) is 0 Å². The second-order valence-corrected chi connectivity index (χ2v) is 4.32. The topological polar surface area (TPSA) is 70.1 Å². The van der Waals surface area contributed by atoms with E-state index in [-0.39, 0.29) is 6.54 Å². The SMILES string of the molecule is COC(=O)c1ccc(Cn2cc(N)c(C(F)(F)F)n2)cc1. The smallest absolute Gasteiger partial charge is 0.437 e. The molecule has 0 fully saturated rings. The maximum absolute atomic E-state index is 12.6. The Balaban J connectivity index is 2.17. The zero-order valence-electron chi connectivity index (χ0n) is 11.0. The van der Waals surface area contributed by atoms with Gasteiger partial charge in [0, 0.05) is 6.20 Å². The van der Waals surface area contributed by atoms with E-state index in [0.717, 1.165) is 10.9 Å². The van der Waals surface area contributed by atoms with Crippen molar-refractivity contribution in [1.82, 2.24) is 9.78 Å². The first-order valence-corrected chi connectivity index (χ1v) is 5.88. The third-order valence-corrected chi connectivity index (χ3v) is 2.78. The summed E-state index contributed by atoms with van der Waals surface area (Å²) in [5, 5.41) is 3.43. The summed E-state index contributed by atoms with van der Waals surface area (Å²) >= 11 is 0. The van der Waals surface area contributed by atoms with Gasteiger partial charge in [-0.2, -0.15) is 18.3 Å². The third kappa shape index (κ3) is 3.33. The highest BCUT2D eigenvalue weighted by Crippen LogP contribution is 2.31. The zero-order valence-corrected chi connectivity index (χ0v) is 11.0. The number of methoxy groups -OCH3 is 1. The van der Waals surface area contributed by atoms with Gasteiger partial charge in [-0.1, -0.05) is 12.1 Å². The summed E-state index contributed by atoms with van der Waals surface area (Å²) in [6.45, 7) is 0.113. The van der Waals surface area contributed by atoms with E-state index in [9.17, 15) is 18.0 Å². The van der Waals surface area contributed by atoms with Crippen molar-refractivity contribution < 1.29 is 22.7 Å². The van der Waals surface area contributed by atoms with E-state index in [0.29, 0.717) is 11.1 Å². The van der Waals surface area contributed by atoms with Gasteiger partial charge in [0.25, 0.3) is 0 Å². The Morgan fingerprint density at radius 2 is 1.95 bits per heavy atom. The highest BCUT2D eigenvalue weighted by molar-refractivity contribution is 5.89. The largest absolute Gasteiger partial charge is 0.465 e. The number of anilines is 1. The van der Waals surface area contributed by atoms with Crippen LogP contribution in [0.15, 0.2) is 30.5 Å². The molecule has 2 N–H and O–H groups in total. The molecule has 0 aliphatic carbocycles. The molecule has 0 unspecified atom stereocenters. The number of aromatic nitrogens is 2. The van der Waals surface area contributed by atoms with Crippen molar-refractivity contribution in [3.63, 3.8) is 0 Å². The van der Waals surface area contributed by atoms with Crippen molar-refractivity contribution in [2.75, 3.05) is 12.8 Å². The minimum Gasteiger partial charge on any atom is -0.465 e. The highest BCUT2D eigenvalue weighted by atomic mass is 19.4. The first-order chi connectivity index (χ1) is 9.81. The number of halogens is 3. The Bertz CT molecular complexity index is 648. The van der Waals surface area contributed by atoms with Crippen LogP contribution >= 0.6 is 0 Å². The molecule has 1 heterocycles. The van der Waals surface area contributed by atoms with Gasteiger partial charge >= 0.3 is 12.1 Å². The molecule has 112 valence electrons. The standard InChI is InChI=1S/C13H12F3N3O2/c1-21-12(20)9-4-2-8(3-5-9)6-19-7-10(17)11(18-19)13(14,15)16/h2-5,7H,6,17H2,1H3. The maximum atomic E-state index is 12.6. The Kier molecular flexibility index (Phi) is 3.88. The fraction of sp³-hybridized carbons (Fsp3) is 0.231. The lowest BCUT2D eigenvalue weighted by molar-refractivity contribution is -0.140. The average Bonchev–Trinajstić information content (AvgIpc) is 2.79. The summed E-state index contributed by atoms with van der Waals surface area (Å²) in [6, 6.07) is 6.27. The third-order valence-electron chi connectivity index (χ3n) is 2.78. The fourth-order valence-corrected chi connectivity index (χ4v) is 1.79. The van der Waals surface area contributed by atoms with Gasteiger partial charge in [-0.3, -0.25) is 4.68 Å². The Hall–Kier alpha value is -2.51. The first-order valence-electron chi connectivity index (χ1n) is 5.88. The van der Waals surface area contributed by atoms with Crippen LogP contribution in [0.25, 0.3) is 0 Å². The van der Waals surface area contributed by atoms with Crippen LogP contribution in [0.5, 0.6) is 0 Å². The van der Waals surface area contributed by atoms with Crippen LogP contribution in [-0.4, -0.2) is 22.9 Å². The van der Waals surface area contributed by atoms with Crippen molar-refractivity contribution in [1.29, 1.82) is 0 Å². The molecule has 0 saturated heterocycles. The van der Waals surface area contributed by atoms with Crippen LogP contribution in [-0.2, 0) is 17.5 Å². The van der Waals surface area contributed by atoms with Crippen LogP contribution in [0.4, 0.5) is 18.9 Å². The number of hydrogen-bond donors (Lipinski definition) is 1. The number of hydrogen-bond acceptors (Lipinski definition) is 4. The van der Waals surface area contributed by atoms with E-state index in [1.807, 2.05) is 0 Å². The van der Waals surface area contributed by atoms with Crippen LogP contribution in [0.3, 0.4) is 0 Å². The van der Waals surface area contributed by atoms with Gasteiger partial charge < -0.3 is 10.5 Å². The Morgan fingerprint density at radius 3 is 2.43 bits per heavy atom. The van der Waals surface area contributed by atoms with E-state index >= 15 is 0 Å². The molecule has 0 aliphatic heterocycles. The molecule has 2 rings (SSSR count). The Morgan fingerprint density at radius 1 is 1.33 bits per heavy atom. The minimum atomic E-state index is -4.58. The second kappa shape index (κ2) is 5.47. The molecule has 0 spiro atoms. The van der Waals surface area contributed by atoms with Crippen molar-refractivity contribution in [3.05, 3.63) is 47.3 Å². The van der Waals surface area contributed by atoms with Crippen LogP contribution in [0.2, 0.25) is 0 Å². The predicted molar refractivity (Wildman–Crippen MR) is 68.5 cm³/mol. The predicted octanol–water partition coefficient (Wildman–Crippen LogP) is 2.32. The number of nitrogens with zero attached hydrogens (tertiary/aromatic N) is 2. The fourth-order valence-electron chi connectivity index (χ4n) is 1.79. The normalized spacial score (nSPS) is 11.4. The zero-order chi connectivity index (χ0) is 15.6. The summed E-state index contributed by atoms with van der Waals surface area (Å²) in [4.78, 5) is 11.3. The second-order valence-electron chi connectivity index (χ2n) is 4.32. The number of esters is 1. The minimum absolute atomic E-state index is 0.113. The molecular formula is C13H12F3N3O2. The Labute approximate surface area is 118 Å². The lowest BCUT2D eigenvalue weighted by atomic mass is 10.1. The van der Waals surface area contributed by atoms with Crippen molar-refractivity contribution in [3.8, 4) is 0 Å². The lowest BCUT2D eigenvalue weighted by Gasteiger charge is -2.04. The molecule has 1 aromatic heterocycles. The van der Waals surface area contributed by atoms with E-state index in [1.54, 1.807) is 12.1 Å². The highest BCUT2D eigenvalue weighted by Gasteiger charge is 2.36. The summed E-state index contributed by atoms with van der Waals surface area (Å²) in [6.07, 6.45) is -3.46. The molecule has 0 amide bonds. The summed E-state index contributed by atoms with van der Waals surface area (Å²) in [5.74, 6) is -0.482. The number of ether oxygens (including phenoxy) is 1. The van der Waals surface area contributed by atoms with Gasteiger partial charge in [0.1, 0.15) is 0 Å². The number of rotatable bonds is 3. The molecule has 0 atom stereocenters. The van der Waals surface area contributed by atoms with Gasteiger partial charge in [-0.15, -0.1) is 0 Å². The van der Waals surface area contributed by atoms with E-state index in [1.165, 1.54) is 19.2 Å². The molecular weight excluding hydrogens is 287 g/mol. The molecule has 5 nitrogen and oxygen atoms in total. The van der Waals surface area contributed by atoms with E-state index in [4.69, 9.17) is 5.73 Å². The van der Waals surface area contributed by atoms with Crippen molar-refractivity contribution in [2.45, 2.75) is 12.7 Å². The number of benzene rings is 1. The van der Waals surface area contributed by atoms with Crippen LogP contribution in [0.1, 0.15) is 21.6 Å². The molecule has 1 aromatic carbocycles. The summed E-state index contributed by atoms with van der Waals surface area (Å²) in [5.41, 5.74) is 4.81. The number of alkyl halides is 3. The van der Waals surface area contributed by atoms with Gasteiger partial charge in [0.15, 0.2) is 5.69 Å². The van der Waals surface area contributed by atoms with E-state index < -0.39 is 23.5 Å². The first kappa shape index (κ1) is 14.9. The maximum Gasteiger partial charge on any atom is 0.437 e. The van der Waals surface area contributed by atoms with Gasteiger partial charge in [0.2, 0.25) is 0 Å². The average molecular weight is 299 g/mol. The molecule has 0 saturated carbocycles. The number of carbonyl (C=O) groups is 1. The number of nitrogen functional groups attached to an aromatic ring is 1. The van der Waals surface area contributed by atoms with Gasteiger partial charge in [-0.25, -0.2) is 4.79 Å².